The summed E-state index contributed by atoms with van der Waals surface area (Å²) in [7, 11) is 0. The molecule has 3 N–H and O–H groups in total. The Kier molecular flexibility index (Phi) is 7.80. The SMILES string of the molecule is CCC(C)NC(=O)CCNCC(O)c1cccc(Br)c1. The topological polar surface area (TPSA) is 61.4 Å². The molecular formula is C15H23BrN2O2. The maximum atomic E-state index is 11.6. The monoisotopic (exact) mass is 342 g/mol. The molecule has 0 spiro atoms. The minimum Gasteiger partial charge on any atom is -0.387 e. The van der Waals surface area contributed by atoms with Crippen LogP contribution in [0.2, 0.25) is 0 Å². The maximum Gasteiger partial charge on any atom is 0.221 e. The van der Waals surface area contributed by atoms with Crippen molar-refractivity contribution < 1.29 is 9.90 Å². The van der Waals surface area contributed by atoms with Crippen LogP contribution in [-0.4, -0.2) is 30.1 Å². The molecule has 2 unspecified atom stereocenters. The highest BCUT2D eigenvalue weighted by atomic mass is 79.9. The molecule has 0 aliphatic carbocycles. The Morgan fingerprint density at radius 3 is 2.85 bits per heavy atom. The van der Waals surface area contributed by atoms with Gasteiger partial charge >= 0.3 is 0 Å². The van der Waals surface area contributed by atoms with Crippen molar-refractivity contribution >= 4 is 21.8 Å². The van der Waals surface area contributed by atoms with E-state index in [-0.39, 0.29) is 11.9 Å². The Bertz CT molecular complexity index is 426. The Morgan fingerprint density at radius 2 is 2.20 bits per heavy atom. The van der Waals surface area contributed by atoms with Crippen LogP contribution in [0.15, 0.2) is 28.7 Å². The molecule has 1 aromatic rings. The molecule has 1 aromatic carbocycles. The Labute approximate surface area is 129 Å². The maximum absolute atomic E-state index is 11.6. The first-order chi connectivity index (χ1) is 9.52. The van der Waals surface area contributed by atoms with Crippen LogP contribution in [0.25, 0.3) is 0 Å². The highest BCUT2D eigenvalue weighted by Crippen LogP contribution is 2.17. The van der Waals surface area contributed by atoms with Gasteiger partial charge in [-0.2, -0.15) is 0 Å². The average Bonchev–Trinajstić information content (AvgIpc) is 2.43. The Balaban J connectivity index is 2.22. The number of halogens is 1. The lowest BCUT2D eigenvalue weighted by molar-refractivity contribution is -0.121. The first kappa shape index (κ1) is 17.1. The zero-order valence-corrected chi connectivity index (χ0v) is 13.6. The summed E-state index contributed by atoms with van der Waals surface area (Å²) in [5.41, 5.74) is 0.857. The second-order valence-electron chi connectivity index (χ2n) is 4.90. The molecule has 0 fully saturated rings. The van der Waals surface area contributed by atoms with E-state index in [9.17, 15) is 9.90 Å². The van der Waals surface area contributed by atoms with Gasteiger partial charge in [0.05, 0.1) is 6.10 Å². The van der Waals surface area contributed by atoms with E-state index < -0.39 is 6.10 Å². The van der Waals surface area contributed by atoms with Crippen molar-refractivity contribution in [1.29, 1.82) is 0 Å². The lowest BCUT2D eigenvalue weighted by atomic mass is 10.1. The number of rotatable bonds is 8. The van der Waals surface area contributed by atoms with Gasteiger partial charge in [-0.3, -0.25) is 4.79 Å². The zero-order chi connectivity index (χ0) is 15.0. The molecule has 0 aromatic heterocycles. The lowest BCUT2D eigenvalue weighted by Crippen LogP contribution is -2.34. The van der Waals surface area contributed by atoms with Gasteiger partial charge in [-0.15, -0.1) is 0 Å². The largest absolute Gasteiger partial charge is 0.387 e. The van der Waals surface area contributed by atoms with Crippen LogP contribution < -0.4 is 10.6 Å². The summed E-state index contributed by atoms with van der Waals surface area (Å²) in [6, 6.07) is 7.80. The first-order valence-electron chi connectivity index (χ1n) is 6.96. The third-order valence-electron chi connectivity index (χ3n) is 3.12. The van der Waals surface area contributed by atoms with E-state index in [2.05, 4.69) is 26.6 Å². The lowest BCUT2D eigenvalue weighted by Gasteiger charge is -2.14. The molecule has 5 heteroatoms. The second-order valence-corrected chi connectivity index (χ2v) is 5.82. The van der Waals surface area contributed by atoms with Gasteiger partial charge in [-0.25, -0.2) is 0 Å². The number of carbonyl (C=O) groups is 1. The van der Waals surface area contributed by atoms with Crippen LogP contribution in [0.4, 0.5) is 0 Å². The van der Waals surface area contributed by atoms with Crippen LogP contribution in [0.3, 0.4) is 0 Å². The first-order valence-corrected chi connectivity index (χ1v) is 7.75. The van der Waals surface area contributed by atoms with E-state index in [1.54, 1.807) is 0 Å². The summed E-state index contributed by atoms with van der Waals surface area (Å²) in [5, 5.41) is 16.0. The van der Waals surface area contributed by atoms with E-state index in [0.29, 0.717) is 19.5 Å². The number of aliphatic hydroxyl groups excluding tert-OH is 1. The van der Waals surface area contributed by atoms with Gasteiger partial charge in [-0.1, -0.05) is 35.0 Å². The third-order valence-corrected chi connectivity index (χ3v) is 3.61. The fraction of sp³-hybridized carbons (Fsp3) is 0.533. The highest BCUT2D eigenvalue weighted by Gasteiger charge is 2.08. The molecule has 0 radical (unpaired) electrons. The van der Waals surface area contributed by atoms with Crippen LogP contribution in [0.1, 0.15) is 38.4 Å². The molecule has 0 heterocycles. The number of hydrogen-bond donors (Lipinski definition) is 3. The van der Waals surface area contributed by atoms with E-state index in [0.717, 1.165) is 16.5 Å². The predicted octanol–water partition coefficient (Wildman–Crippen LogP) is 2.38. The van der Waals surface area contributed by atoms with E-state index in [4.69, 9.17) is 0 Å². The predicted molar refractivity (Wildman–Crippen MR) is 84.5 cm³/mol. The highest BCUT2D eigenvalue weighted by molar-refractivity contribution is 9.10. The summed E-state index contributed by atoms with van der Waals surface area (Å²) in [4.78, 5) is 11.6. The van der Waals surface area contributed by atoms with Gasteiger partial charge in [0.2, 0.25) is 5.91 Å². The van der Waals surface area contributed by atoms with Gasteiger partial charge in [0, 0.05) is 30.0 Å². The Morgan fingerprint density at radius 1 is 1.45 bits per heavy atom. The minimum atomic E-state index is -0.565. The van der Waals surface area contributed by atoms with Crippen LogP contribution in [-0.2, 0) is 4.79 Å². The van der Waals surface area contributed by atoms with Crippen molar-refractivity contribution in [1.82, 2.24) is 10.6 Å². The van der Waals surface area contributed by atoms with Crippen molar-refractivity contribution in [2.75, 3.05) is 13.1 Å². The van der Waals surface area contributed by atoms with E-state index in [1.165, 1.54) is 0 Å². The van der Waals surface area contributed by atoms with Gasteiger partial charge in [-0.05, 0) is 31.0 Å². The summed E-state index contributed by atoms with van der Waals surface area (Å²) in [6.07, 6.45) is 0.793. The molecular weight excluding hydrogens is 320 g/mol. The number of aliphatic hydroxyl groups is 1. The van der Waals surface area contributed by atoms with Gasteiger partial charge in [0.1, 0.15) is 0 Å². The molecule has 0 saturated heterocycles. The number of hydrogen-bond acceptors (Lipinski definition) is 3. The van der Waals surface area contributed by atoms with Crippen molar-refractivity contribution in [2.45, 2.75) is 38.8 Å². The molecule has 20 heavy (non-hydrogen) atoms. The molecule has 0 aliphatic heterocycles. The van der Waals surface area contributed by atoms with Gasteiger partial charge in [0.25, 0.3) is 0 Å². The fourth-order valence-corrected chi connectivity index (χ4v) is 2.14. The molecule has 0 saturated carbocycles. The summed E-state index contributed by atoms with van der Waals surface area (Å²) >= 11 is 3.38. The average molecular weight is 343 g/mol. The number of carbonyl (C=O) groups excluding carboxylic acids is 1. The van der Waals surface area contributed by atoms with Crippen LogP contribution in [0, 0.1) is 0 Å². The van der Waals surface area contributed by atoms with Crippen molar-refractivity contribution in [3.8, 4) is 0 Å². The smallest absolute Gasteiger partial charge is 0.221 e. The fourth-order valence-electron chi connectivity index (χ4n) is 1.72. The molecule has 0 aliphatic rings. The van der Waals surface area contributed by atoms with Crippen LogP contribution >= 0.6 is 15.9 Å². The normalized spacial score (nSPS) is 13.8. The van der Waals surface area contributed by atoms with Gasteiger partial charge in [0.15, 0.2) is 0 Å². The third kappa shape index (κ3) is 6.50. The van der Waals surface area contributed by atoms with E-state index in [1.807, 2.05) is 38.1 Å². The summed E-state index contributed by atoms with van der Waals surface area (Å²) in [5.74, 6) is 0.0452. The summed E-state index contributed by atoms with van der Waals surface area (Å²) < 4.78 is 0.946. The molecule has 1 rings (SSSR count). The number of amides is 1. The van der Waals surface area contributed by atoms with Crippen molar-refractivity contribution in [3.05, 3.63) is 34.3 Å². The van der Waals surface area contributed by atoms with Crippen LogP contribution in [0.5, 0.6) is 0 Å². The molecule has 2 atom stereocenters. The van der Waals surface area contributed by atoms with Crippen molar-refractivity contribution in [2.24, 2.45) is 0 Å². The molecule has 1 amide bonds. The number of benzene rings is 1. The molecule has 0 bridgehead atoms. The summed E-state index contributed by atoms with van der Waals surface area (Å²) in [6.45, 7) is 5.03. The second kappa shape index (κ2) is 9.10. The number of nitrogens with one attached hydrogen (secondary N) is 2. The standard InChI is InChI=1S/C15H23BrN2O2/c1-3-11(2)18-15(20)7-8-17-10-14(19)12-5-4-6-13(16)9-12/h4-6,9,11,14,17,19H,3,7-8,10H2,1-2H3,(H,18,20). The molecule has 4 nitrogen and oxygen atoms in total. The quantitative estimate of drug-likeness (QED) is 0.635. The Hall–Kier alpha value is -0.910. The molecule has 112 valence electrons. The zero-order valence-electron chi connectivity index (χ0n) is 12.0. The van der Waals surface area contributed by atoms with Gasteiger partial charge < -0.3 is 15.7 Å². The van der Waals surface area contributed by atoms with E-state index >= 15 is 0 Å². The minimum absolute atomic E-state index is 0.0452. The van der Waals surface area contributed by atoms with Crippen molar-refractivity contribution in [3.63, 3.8) is 0 Å².